The Bertz CT molecular complexity index is 1070. The minimum Gasteiger partial charge on any atom is -0.497 e. The van der Waals surface area contributed by atoms with E-state index < -0.39 is 12.0 Å². The third-order valence-electron chi connectivity index (χ3n) is 5.45. The molecule has 0 bridgehead atoms. The molecule has 2 aliphatic heterocycles. The molecule has 2 aromatic rings. The second-order valence-electron chi connectivity index (χ2n) is 7.63. The lowest BCUT2D eigenvalue weighted by Crippen LogP contribution is -2.70. The first-order valence-corrected chi connectivity index (χ1v) is 12.5. The fourth-order valence-corrected chi connectivity index (χ4v) is 5.79. The molecule has 2 atom stereocenters. The summed E-state index contributed by atoms with van der Waals surface area (Å²) in [6.45, 7) is 0.0823. The predicted octanol–water partition coefficient (Wildman–Crippen LogP) is 3.03. The first-order chi connectivity index (χ1) is 16.0. The van der Waals surface area contributed by atoms with Crippen molar-refractivity contribution in [3.63, 3.8) is 0 Å². The number of ether oxygens (including phenoxy) is 2. The minimum atomic E-state index is -0.660. The molecular weight excluding hydrogens is 508 g/mol. The first kappa shape index (κ1) is 23.4. The number of methoxy groups -OCH3 is 1. The molecule has 1 N–H and O–H groups in total. The number of carbonyl (C=O) groups excluding carboxylic acids is 3. The lowest BCUT2D eigenvalue weighted by molar-refractivity contribution is -0.153. The summed E-state index contributed by atoms with van der Waals surface area (Å²) >= 11 is 4.94. The van der Waals surface area contributed by atoms with E-state index in [4.69, 9.17) is 9.47 Å². The summed E-state index contributed by atoms with van der Waals surface area (Å²) < 4.78 is 10.7. The second kappa shape index (κ2) is 10.4. The zero-order valence-electron chi connectivity index (χ0n) is 18.0. The number of alkyl halides is 1. The molecule has 2 aliphatic rings. The molecule has 7 nitrogen and oxygen atoms in total. The van der Waals surface area contributed by atoms with Gasteiger partial charge >= 0.3 is 5.97 Å². The summed E-state index contributed by atoms with van der Waals surface area (Å²) in [6, 6.07) is 15.9. The molecule has 1 fully saturated rings. The summed E-state index contributed by atoms with van der Waals surface area (Å²) in [4.78, 5) is 39.8. The number of carbonyl (C=O) groups is 3. The number of hydrogen-bond acceptors (Lipinski definition) is 6. The van der Waals surface area contributed by atoms with Crippen LogP contribution in [0.3, 0.4) is 0 Å². The Morgan fingerprint density at radius 2 is 1.85 bits per heavy atom. The molecular formula is C24H23BrN2O5S. The summed E-state index contributed by atoms with van der Waals surface area (Å²) in [7, 11) is 1.59. The van der Waals surface area contributed by atoms with Crippen molar-refractivity contribution in [1.29, 1.82) is 0 Å². The smallest absolute Gasteiger partial charge is 0.355 e. The van der Waals surface area contributed by atoms with Crippen LogP contribution in [0.25, 0.3) is 0 Å². The van der Waals surface area contributed by atoms with Crippen LogP contribution >= 0.6 is 27.7 Å². The topological polar surface area (TPSA) is 84.9 Å². The average Bonchev–Trinajstić information content (AvgIpc) is 2.85. The molecule has 1 saturated heterocycles. The van der Waals surface area contributed by atoms with E-state index in [1.165, 1.54) is 16.7 Å². The number of esters is 1. The van der Waals surface area contributed by atoms with Crippen LogP contribution in [-0.4, -0.2) is 52.3 Å². The standard InChI is InChI=1S/C24H23BrN2O5S/c1-31-18-9-7-16(8-10-18)13-32-24(30)21-17(12-25)14-33-23-20(22(29)27(21)23)26-19(28)11-15-5-3-2-4-6-15/h2-10,20,23H,11-14H2,1H3,(H,26,28). The lowest BCUT2D eigenvalue weighted by Gasteiger charge is -2.49. The molecule has 4 rings (SSSR count). The van der Waals surface area contributed by atoms with E-state index in [-0.39, 0.29) is 35.9 Å². The Morgan fingerprint density at radius 3 is 2.52 bits per heavy atom. The highest BCUT2D eigenvalue weighted by Crippen LogP contribution is 2.41. The van der Waals surface area contributed by atoms with Gasteiger partial charge in [0.25, 0.3) is 5.91 Å². The van der Waals surface area contributed by atoms with Crippen LogP contribution in [0.2, 0.25) is 0 Å². The van der Waals surface area contributed by atoms with Crippen molar-refractivity contribution in [3.8, 4) is 5.75 Å². The van der Waals surface area contributed by atoms with E-state index in [9.17, 15) is 14.4 Å². The van der Waals surface area contributed by atoms with Crippen molar-refractivity contribution in [1.82, 2.24) is 10.2 Å². The molecule has 0 radical (unpaired) electrons. The summed E-state index contributed by atoms with van der Waals surface area (Å²) in [5, 5.41) is 2.95. The van der Waals surface area contributed by atoms with Crippen LogP contribution in [0.5, 0.6) is 5.75 Å². The maximum Gasteiger partial charge on any atom is 0.355 e. The third kappa shape index (κ3) is 5.09. The van der Waals surface area contributed by atoms with E-state index >= 15 is 0 Å². The Balaban J connectivity index is 1.41. The van der Waals surface area contributed by atoms with Crippen LogP contribution in [0.4, 0.5) is 0 Å². The van der Waals surface area contributed by atoms with Crippen molar-refractivity contribution in [3.05, 3.63) is 77.0 Å². The summed E-state index contributed by atoms with van der Waals surface area (Å²) in [5.41, 5.74) is 2.74. The van der Waals surface area contributed by atoms with E-state index in [1.54, 1.807) is 19.2 Å². The van der Waals surface area contributed by atoms with Crippen LogP contribution in [0, 0.1) is 0 Å². The molecule has 9 heteroatoms. The number of nitrogens with one attached hydrogen (secondary N) is 1. The molecule has 2 amide bonds. The normalized spacial score (nSPS) is 19.5. The van der Waals surface area contributed by atoms with E-state index in [1.807, 2.05) is 42.5 Å². The van der Waals surface area contributed by atoms with Gasteiger partial charge in [-0.3, -0.25) is 14.5 Å². The summed E-state index contributed by atoms with van der Waals surface area (Å²) in [6.07, 6.45) is 0.196. The molecule has 0 spiro atoms. The highest BCUT2D eigenvalue weighted by atomic mass is 79.9. The van der Waals surface area contributed by atoms with Crippen LogP contribution in [-0.2, 0) is 32.1 Å². The third-order valence-corrected chi connectivity index (χ3v) is 7.47. The van der Waals surface area contributed by atoms with Gasteiger partial charge in [0, 0.05) is 11.1 Å². The number of amides is 2. The highest BCUT2D eigenvalue weighted by molar-refractivity contribution is 9.09. The van der Waals surface area contributed by atoms with Crippen molar-refractivity contribution < 1.29 is 23.9 Å². The quantitative estimate of drug-likeness (QED) is 0.320. The SMILES string of the molecule is COc1ccc(COC(=O)C2=C(CBr)CSC3C(NC(=O)Cc4ccccc4)C(=O)N23)cc1. The van der Waals surface area contributed by atoms with Gasteiger partial charge in [-0.2, -0.15) is 0 Å². The Kier molecular flexibility index (Phi) is 7.39. The van der Waals surface area contributed by atoms with Gasteiger partial charge in [-0.05, 0) is 28.8 Å². The second-order valence-corrected chi connectivity index (χ2v) is 9.29. The fourth-order valence-electron chi connectivity index (χ4n) is 3.72. The molecule has 172 valence electrons. The van der Waals surface area contributed by atoms with Gasteiger partial charge in [0.2, 0.25) is 5.91 Å². The van der Waals surface area contributed by atoms with E-state index in [2.05, 4.69) is 21.2 Å². The van der Waals surface area contributed by atoms with E-state index in [0.717, 1.165) is 16.7 Å². The number of benzene rings is 2. The predicted molar refractivity (Wildman–Crippen MR) is 129 cm³/mol. The van der Waals surface area contributed by atoms with Crippen molar-refractivity contribution in [2.24, 2.45) is 0 Å². The summed E-state index contributed by atoms with van der Waals surface area (Å²) in [5.74, 6) is 0.209. The molecule has 0 saturated carbocycles. The molecule has 2 heterocycles. The number of rotatable bonds is 8. The van der Waals surface area contributed by atoms with Gasteiger partial charge in [-0.1, -0.05) is 58.4 Å². The zero-order valence-corrected chi connectivity index (χ0v) is 20.4. The Morgan fingerprint density at radius 1 is 1.12 bits per heavy atom. The van der Waals surface area contributed by atoms with Gasteiger partial charge in [0.15, 0.2) is 0 Å². The number of nitrogens with zero attached hydrogens (tertiary/aromatic N) is 1. The number of fused-ring (bicyclic) bond motifs is 1. The Labute approximate surface area is 204 Å². The number of thioether (sulfide) groups is 1. The molecule has 2 unspecified atom stereocenters. The van der Waals surface area contributed by atoms with Gasteiger partial charge < -0.3 is 14.8 Å². The van der Waals surface area contributed by atoms with Crippen molar-refractivity contribution >= 4 is 45.5 Å². The zero-order chi connectivity index (χ0) is 23.4. The van der Waals surface area contributed by atoms with Gasteiger partial charge in [0.05, 0.1) is 13.5 Å². The van der Waals surface area contributed by atoms with Crippen LogP contribution < -0.4 is 10.1 Å². The number of halogens is 1. The highest BCUT2D eigenvalue weighted by Gasteiger charge is 2.54. The number of hydrogen-bond donors (Lipinski definition) is 1. The maximum absolute atomic E-state index is 13.0. The molecule has 0 aliphatic carbocycles. The van der Waals surface area contributed by atoms with Crippen LogP contribution in [0.15, 0.2) is 65.9 Å². The molecule has 2 aromatic carbocycles. The molecule has 0 aromatic heterocycles. The van der Waals surface area contributed by atoms with Crippen LogP contribution in [0.1, 0.15) is 11.1 Å². The number of β-lactam (4-membered cyclic amide) rings is 1. The minimum absolute atomic E-state index is 0.0823. The van der Waals surface area contributed by atoms with Gasteiger partial charge in [-0.25, -0.2) is 4.79 Å². The van der Waals surface area contributed by atoms with Crippen molar-refractivity contribution in [2.45, 2.75) is 24.4 Å². The average molecular weight is 531 g/mol. The Hall–Kier alpha value is -2.78. The maximum atomic E-state index is 13.0. The lowest BCUT2D eigenvalue weighted by atomic mass is 10.0. The first-order valence-electron chi connectivity index (χ1n) is 10.4. The largest absolute Gasteiger partial charge is 0.497 e. The monoisotopic (exact) mass is 530 g/mol. The fraction of sp³-hybridized carbons (Fsp3) is 0.292. The van der Waals surface area contributed by atoms with Gasteiger partial charge in [0.1, 0.15) is 29.5 Å². The van der Waals surface area contributed by atoms with Gasteiger partial charge in [-0.15, -0.1) is 11.8 Å². The van der Waals surface area contributed by atoms with Crippen molar-refractivity contribution in [2.75, 3.05) is 18.2 Å². The molecule has 33 heavy (non-hydrogen) atoms. The van der Waals surface area contributed by atoms with E-state index in [0.29, 0.717) is 16.8 Å².